The van der Waals surface area contributed by atoms with Crippen LogP contribution in [0.4, 0.5) is 5.69 Å². The summed E-state index contributed by atoms with van der Waals surface area (Å²) in [6.07, 6.45) is 0. The molecular weight excluding hydrogens is 308 g/mol. The second-order valence-electron chi connectivity index (χ2n) is 5.35. The molecule has 0 aliphatic carbocycles. The molecule has 0 radical (unpaired) electrons. The molecule has 0 aromatic heterocycles. The van der Waals surface area contributed by atoms with Crippen molar-refractivity contribution in [3.8, 4) is 0 Å². The second kappa shape index (κ2) is 7.41. The fourth-order valence-corrected chi connectivity index (χ4v) is 2.26. The van der Waals surface area contributed by atoms with E-state index in [1.54, 1.807) is 0 Å². The van der Waals surface area contributed by atoms with Crippen molar-refractivity contribution in [3.05, 3.63) is 65.2 Å². The Labute approximate surface area is 139 Å². The van der Waals surface area contributed by atoms with Crippen LogP contribution in [0, 0.1) is 0 Å². The van der Waals surface area contributed by atoms with Crippen molar-refractivity contribution in [1.29, 1.82) is 0 Å². The molecule has 24 heavy (non-hydrogen) atoms. The fourth-order valence-electron chi connectivity index (χ4n) is 2.26. The van der Waals surface area contributed by atoms with E-state index in [4.69, 9.17) is 5.11 Å². The van der Waals surface area contributed by atoms with Crippen LogP contribution >= 0.6 is 0 Å². The lowest BCUT2D eigenvalue weighted by Gasteiger charge is -2.16. The zero-order valence-electron chi connectivity index (χ0n) is 13.4. The monoisotopic (exact) mass is 326 g/mol. The van der Waals surface area contributed by atoms with E-state index >= 15 is 0 Å². The molecule has 3 N–H and O–H groups in total. The maximum Gasteiger partial charge on any atom is 0.335 e. The molecule has 2 aromatic rings. The summed E-state index contributed by atoms with van der Waals surface area (Å²) in [4.78, 5) is 35.0. The largest absolute Gasteiger partial charge is 0.478 e. The highest BCUT2D eigenvalue weighted by molar-refractivity contribution is 6.05. The zero-order chi connectivity index (χ0) is 17.7. The van der Waals surface area contributed by atoms with Crippen molar-refractivity contribution in [2.45, 2.75) is 19.9 Å². The number of carbonyl (C=O) groups is 3. The van der Waals surface area contributed by atoms with Crippen LogP contribution in [0.25, 0.3) is 0 Å². The SMILES string of the molecule is CC(=O)Nc1ccc(C(=O)O)cc1C(=O)N[C@H](C)c1ccccc1. The minimum absolute atomic E-state index is 0.0263. The van der Waals surface area contributed by atoms with E-state index < -0.39 is 11.9 Å². The zero-order valence-corrected chi connectivity index (χ0v) is 13.4. The van der Waals surface area contributed by atoms with Gasteiger partial charge in [0.15, 0.2) is 0 Å². The molecule has 0 spiro atoms. The van der Waals surface area contributed by atoms with Gasteiger partial charge in [0.05, 0.1) is 22.9 Å². The first-order chi connectivity index (χ1) is 11.4. The highest BCUT2D eigenvalue weighted by Gasteiger charge is 2.18. The van der Waals surface area contributed by atoms with Gasteiger partial charge in [-0.3, -0.25) is 9.59 Å². The Morgan fingerprint density at radius 2 is 1.71 bits per heavy atom. The first-order valence-corrected chi connectivity index (χ1v) is 7.39. The molecule has 1 atom stereocenters. The summed E-state index contributed by atoms with van der Waals surface area (Å²) in [7, 11) is 0. The van der Waals surface area contributed by atoms with Crippen LogP contribution in [0.2, 0.25) is 0 Å². The van der Waals surface area contributed by atoms with E-state index in [0.29, 0.717) is 0 Å². The molecule has 0 unspecified atom stereocenters. The Balaban J connectivity index is 2.30. The van der Waals surface area contributed by atoms with Gasteiger partial charge in [0.1, 0.15) is 0 Å². The molecular formula is C18H18N2O4. The van der Waals surface area contributed by atoms with E-state index in [9.17, 15) is 14.4 Å². The third-order valence-electron chi connectivity index (χ3n) is 3.47. The van der Waals surface area contributed by atoms with E-state index in [0.717, 1.165) is 5.56 Å². The summed E-state index contributed by atoms with van der Waals surface area (Å²) in [6, 6.07) is 13.1. The van der Waals surface area contributed by atoms with Crippen molar-refractivity contribution < 1.29 is 19.5 Å². The van der Waals surface area contributed by atoms with Gasteiger partial charge in [-0.05, 0) is 30.7 Å². The number of carboxylic acid groups (broad SMARTS) is 1. The van der Waals surface area contributed by atoms with Crippen molar-refractivity contribution in [1.82, 2.24) is 5.32 Å². The number of aromatic carboxylic acids is 1. The second-order valence-corrected chi connectivity index (χ2v) is 5.35. The van der Waals surface area contributed by atoms with Crippen LogP contribution in [0.1, 0.15) is 46.2 Å². The normalized spacial score (nSPS) is 11.4. The number of carboxylic acids is 1. The predicted octanol–water partition coefficient (Wildman–Crippen LogP) is 2.83. The molecule has 6 nitrogen and oxygen atoms in total. The molecule has 0 heterocycles. The summed E-state index contributed by atoms with van der Waals surface area (Å²) < 4.78 is 0. The van der Waals surface area contributed by atoms with Gasteiger partial charge in [-0.2, -0.15) is 0 Å². The number of hydrogen-bond acceptors (Lipinski definition) is 3. The molecule has 0 saturated heterocycles. The molecule has 0 fully saturated rings. The van der Waals surface area contributed by atoms with Crippen LogP contribution in [-0.4, -0.2) is 22.9 Å². The average molecular weight is 326 g/mol. The maximum atomic E-state index is 12.6. The number of carbonyl (C=O) groups excluding carboxylic acids is 2. The van der Waals surface area contributed by atoms with Crippen LogP contribution < -0.4 is 10.6 Å². The smallest absolute Gasteiger partial charge is 0.335 e. The lowest BCUT2D eigenvalue weighted by molar-refractivity contribution is -0.114. The summed E-state index contributed by atoms with van der Waals surface area (Å²) in [5.74, 6) is -1.95. The minimum atomic E-state index is -1.14. The molecule has 124 valence electrons. The van der Waals surface area contributed by atoms with E-state index in [-0.39, 0.29) is 28.8 Å². The Kier molecular flexibility index (Phi) is 5.31. The summed E-state index contributed by atoms with van der Waals surface area (Å²) in [5, 5.41) is 14.5. The fraction of sp³-hybridized carbons (Fsp3) is 0.167. The van der Waals surface area contributed by atoms with Crippen molar-refractivity contribution >= 4 is 23.5 Å². The van der Waals surface area contributed by atoms with Gasteiger partial charge in [-0.1, -0.05) is 30.3 Å². The number of hydrogen-bond donors (Lipinski definition) is 3. The molecule has 2 aromatic carbocycles. The van der Waals surface area contributed by atoms with Gasteiger partial charge in [-0.25, -0.2) is 4.79 Å². The van der Waals surface area contributed by atoms with Gasteiger partial charge in [0, 0.05) is 6.92 Å². The van der Waals surface area contributed by atoms with Crippen LogP contribution in [0.15, 0.2) is 48.5 Å². The third-order valence-corrected chi connectivity index (χ3v) is 3.47. The molecule has 0 aliphatic heterocycles. The number of anilines is 1. The van der Waals surface area contributed by atoms with Crippen molar-refractivity contribution in [2.24, 2.45) is 0 Å². The minimum Gasteiger partial charge on any atom is -0.478 e. The van der Waals surface area contributed by atoms with Crippen molar-refractivity contribution in [2.75, 3.05) is 5.32 Å². The van der Waals surface area contributed by atoms with Gasteiger partial charge in [0.25, 0.3) is 5.91 Å². The third kappa shape index (κ3) is 4.19. The average Bonchev–Trinajstić information content (AvgIpc) is 2.55. The highest BCUT2D eigenvalue weighted by Crippen LogP contribution is 2.20. The van der Waals surface area contributed by atoms with Gasteiger partial charge in [0.2, 0.25) is 5.91 Å². The Morgan fingerprint density at radius 3 is 2.29 bits per heavy atom. The number of rotatable bonds is 5. The quantitative estimate of drug-likeness (QED) is 0.787. The number of benzene rings is 2. The lowest BCUT2D eigenvalue weighted by atomic mass is 10.1. The Bertz CT molecular complexity index is 772. The van der Waals surface area contributed by atoms with E-state index in [1.807, 2.05) is 37.3 Å². The Hall–Kier alpha value is -3.15. The standard InChI is InChI=1S/C18H18N2O4/c1-11(13-6-4-3-5-7-13)19-17(22)15-10-14(18(23)24)8-9-16(15)20-12(2)21/h3-11H,1-2H3,(H,19,22)(H,20,21)(H,23,24)/t11-/m1/s1. The molecule has 0 bridgehead atoms. The lowest BCUT2D eigenvalue weighted by Crippen LogP contribution is -2.28. The summed E-state index contributed by atoms with van der Waals surface area (Å²) in [5.41, 5.74) is 1.26. The molecule has 6 heteroatoms. The molecule has 2 amide bonds. The summed E-state index contributed by atoms with van der Waals surface area (Å²) in [6.45, 7) is 3.14. The van der Waals surface area contributed by atoms with Crippen molar-refractivity contribution in [3.63, 3.8) is 0 Å². The predicted molar refractivity (Wildman–Crippen MR) is 90.0 cm³/mol. The van der Waals surface area contributed by atoms with Crippen LogP contribution in [-0.2, 0) is 4.79 Å². The van der Waals surface area contributed by atoms with Crippen LogP contribution in [0.3, 0.4) is 0 Å². The molecule has 0 saturated carbocycles. The van der Waals surface area contributed by atoms with Gasteiger partial charge in [-0.15, -0.1) is 0 Å². The first-order valence-electron chi connectivity index (χ1n) is 7.39. The topological polar surface area (TPSA) is 95.5 Å². The Morgan fingerprint density at radius 1 is 1.04 bits per heavy atom. The number of amides is 2. The molecule has 0 aliphatic rings. The first kappa shape index (κ1) is 17.2. The van der Waals surface area contributed by atoms with Gasteiger partial charge < -0.3 is 15.7 Å². The van der Waals surface area contributed by atoms with Gasteiger partial charge >= 0.3 is 5.97 Å². The summed E-state index contributed by atoms with van der Waals surface area (Å²) >= 11 is 0. The highest BCUT2D eigenvalue weighted by atomic mass is 16.4. The number of nitrogens with one attached hydrogen (secondary N) is 2. The van der Waals surface area contributed by atoms with Crippen LogP contribution in [0.5, 0.6) is 0 Å². The molecule has 2 rings (SSSR count). The maximum absolute atomic E-state index is 12.6. The van der Waals surface area contributed by atoms with E-state index in [2.05, 4.69) is 10.6 Å². The van der Waals surface area contributed by atoms with E-state index in [1.165, 1.54) is 25.1 Å².